The fraction of sp³-hybridized carbons (Fsp3) is 1.00. The lowest BCUT2D eigenvalue weighted by Gasteiger charge is -2.29. The SMILES string of the molecule is CCP(=S)(CC)NNP(=S)(CC)CC(C)C. The Bertz CT molecular complexity index is 285. The van der Waals surface area contributed by atoms with Crippen molar-refractivity contribution >= 4 is 36.0 Å². The first-order valence-electron chi connectivity index (χ1n) is 6.01. The summed E-state index contributed by atoms with van der Waals surface area (Å²) >= 11 is 11.4. The lowest BCUT2D eigenvalue weighted by Crippen LogP contribution is -2.30. The maximum atomic E-state index is 5.75. The van der Waals surface area contributed by atoms with Crippen LogP contribution in [0.4, 0.5) is 0 Å². The third-order valence-corrected chi connectivity index (χ3v) is 11.6. The average Bonchev–Trinajstić information content (AvgIpc) is 2.25. The summed E-state index contributed by atoms with van der Waals surface area (Å²) in [5, 5.41) is 6.85. The van der Waals surface area contributed by atoms with E-state index in [1.54, 1.807) is 0 Å². The predicted octanol–water partition coefficient (Wildman–Crippen LogP) is 3.59. The molecule has 0 heterocycles. The van der Waals surface area contributed by atoms with Crippen molar-refractivity contribution in [1.82, 2.24) is 10.4 Å². The molecule has 0 bridgehead atoms. The standard InChI is InChI=1S/C10H26N2P2S2/c1-6-13(15,7-2)11-12-14(16,8-3)9-10(4)5/h10H,6-9H2,1-5H3,(H,11,15)(H,12,16). The molecule has 16 heavy (non-hydrogen) atoms. The Balaban J connectivity index is 4.45. The van der Waals surface area contributed by atoms with Crippen molar-refractivity contribution in [3.63, 3.8) is 0 Å². The molecule has 0 spiro atoms. The second-order valence-electron chi connectivity index (χ2n) is 4.53. The van der Waals surface area contributed by atoms with Crippen molar-refractivity contribution in [3.8, 4) is 0 Å². The summed E-state index contributed by atoms with van der Waals surface area (Å²) in [6.45, 7) is 11.0. The molecule has 0 aliphatic heterocycles. The van der Waals surface area contributed by atoms with E-state index in [0.29, 0.717) is 5.92 Å². The Labute approximate surface area is 111 Å². The van der Waals surface area contributed by atoms with E-state index in [4.69, 9.17) is 23.6 Å². The molecule has 1 unspecified atom stereocenters. The van der Waals surface area contributed by atoms with Crippen molar-refractivity contribution in [2.24, 2.45) is 5.92 Å². The van der Waals surface area contributed by atoms with E-state index in [-0.39, 0.29) is 0 Å². The fourth-order valence-electron chi connectivity index (χ4n) is 1.41. The Hall–Kier alpha value is 1.22. The summed E-state index contributed by atoms with van der Waals surface area (Å²) < 4.78 is 0. The minimum Gasteiger partial charge on any atom is -0.223 e. The van der Waals surface area contributed by atoms with Gasteiger partial charge in [-0.25, -0.2) is 10.4 Å². The highest BCUT2D eigenvalue weighted by molar-refractivity contribution is 8.15. The van der Waals surface area contributed by atoms with Crippen LogP contribution in [0.5, 0.6) is 0 Å². The van der Waals surface area contributed by atoms with Crippen LogP contribution in [0.25, 0.3) is 0 Å². The Kier molecular flexibility index (Phi) is 8.19. The van der Waals surface area contributed by atoms with Gasteiger partial charge < -0.3 is 0 Å². The first-order chi connectivity index (χ1) is 7.31. The third kappa shape index (κ3) is 6.23. The van der Waals surface area contributed by atoms with Crippen molar-refractivity contribution in [2.75, 3.05) is 24.6 Å². The topological polar surface area (TPSA) is 24.1 Å². The van der Waals surface area contributed by atoms with Crippen LogP contribution in [0, 0.1) is 5.92 Å². The molecule has 1 atom stereocenters. The van der Waals surface area contributed by atoms with Gasteiger partial charge in [0.05, 0.1) is 0 Å². The van der Waals surface area contributed by atoms with Crippen molar-refractivity contribution < 1.29 is 0 Å². The molecule has 0 radical (unpaired) electrons. The molecule has 0 fully saturated rings. The van der Waals surface area contributed by atoms with Gasteiger partial charge in [-0.3, -0.25) is 0 Å². The van der Waals surface area contributed by atoms with Crippen molar-refractivity contribution in [1.29, 1.82) is 0 Å². The van der Waals surface area contributed by atoms with Crippen LogP contribution in [-0.4, -0.2) is 24.6 Å². The zero-order valence-corrected chi connectivity index (χ0v) is 14.5. The van der Waals surface area contributed by atoms with E-state index in [1.807, 2.05) is 0 Å². The molecule has 0 aromatic rings. The summed E-state index contributed by atoms with van der Waals surface area (Å²) in [6.07, 6.45) is 1.41. The zero-order chi connectivity index (χ0) is 12.8. The molecular formula is C10H26N2P2S2. The van der Waals surface area contributed by atoms with Crippen LogP contribution >= 0.6 is 12.4 Å². The lowest BCUT2D eigenvalue weighted by atomic mass is 10.3. The van der Waals surface area contributed by atoms with E-state index in [1.165, 1.54) is 0 Å². The summed E-state index contributed by atoms with van der Waals surface area (Å²) in [4.78, 5) is 0. The molecule has 0 aliphatic carbocycles. The van der Waals surface area contributed by atoms with Crippen LogP contribution in [0.2, 0.25) is 0 Å². The molecule has 98 valence electrons. The molecule has 2 N–H and O–H groups in total. The van der Waals surface area contributed by atoms with Gasteiger partial charge in [-0.05, 0) is 30.6 Å². The third-order valence-electron chi connectivity index (χ3n) is 2.65. The zero-order valence-electron chi connectivity index (χ0n) is 11.1. The van der Waals surface area contributed by atoms with E-state index in [9.17, 15) is 0 Å². The van der Waals surface area contributed by atoms with Gasteiger partial charge in [0, 0.05) is 12.4 Å². The van der Waals surface area contributed by atoms with Crippen LogP contribution in [0.15, 0.2) is 0 Å². The number of nitrogens with one attached hydrogen (secondary N) is 2. The van der Waals surface area contributed by atoms with E-state index < -0.39 is 12.4 Å². The van der Waals surface area contributed by atoms with Gasteiger partial charge in [0.2, 0.25) is 0 Å². The van der Waals surface area contributed by atoms with Crippen LogP contribution in [0.3, 0.4) is 0 Å². The second kappa shape index (κ2) is 7.61. The largest absolute Gasteiger partial charge is 0.223 e. The molecule has 0 aromatic carbocycles. The van der Waals surface area contributed by atoms with E-state index in [2.05, 4.69) is 45.0 Å². The van der Waals surface area contributed by atoms with E-state index in [0.717, 1.165) is 24.6 Å². The molecule has 0 amide bonds. The van der Waals surface area contributed by atoms with Crippen LogP contribution in [0.1, 0.15) is 34.6 Å². The highest BCUT2D eigenvalue weighted by Gasteiger charge is 2.19. The van der Waals surface area contributed by atoms with Gasteiger partial charge in [0.15, 0.2) is 0 Å². The average molecular weight is 300 g/mol. The molecule has 0 aliphatic rings. The number of hydrazine groups is 1. The van der Waals surface area contributed by atoms with Crippen molar-refractivity contribution in [3.05, 3.63) is 0 Å². The van der Waals surface area contributed by atoms with E-state index >= 15 is 0 Å². The fourth-order valence-corrected chi connectivity index (χ4v) is 6.95. The van der Waals surface area contributed by atoms with Crippen LogP contribution < -0.4 is 10.4 Å². The van der Waals surface area contributed by atoms with Crippen LogP contribution in [-0.2, 0) is 23.6 Å². The van der Waals surface area contributed by atoms with Gasteiger partial charge >= 0.3 is 0 Å². The normalized spacial score (nSPS) is 16.4. The quantitative estimate of drug-likeness (QED) is 0.528. The number of hydrogen-bond donors (Lipinski definition) is 2. The highest BCUT2D eigenvalue weighted by atomic mass is 32.4. The van der Waals surface area contributed by atoms with Gasteiger partial charge in [0.1, 0.15) is 0 Å². The summed E-state index contributed by atoms with van der Waals surface area (Å²) in [6, 6.07) is 0. The highest BCUT2D eigenvalue weighted by Crippen LogP contribution is 2.46. The second-order valence-corrected chi connectivity index (χ2v) is 15.0. The minimum absolute atomic E-state index is 0.654. The first-order valence-corrected chi connectivity index (χ1v) is 12.4. The Morgan fingerprint density at radius 1 is 0.875 bits per heavy atom. The predicted molar refractivity (Wildman–Crippen MR) is 86.2 cm³/mol. The summed E-state index contributed by atoms with van der Waals surface area (Å²) in [7, 11) is 0. The van der Waals surface area contributed by atoms with Crippen molar-refractivity contribution in [2.45, 2.75) is 34.6 Å². The molecule has 0 saturated heterocycles. The minimum atomic E-state index is -1.45. The van der Waals surface area contributed by atoms with Gasteiger partial charge in [-0.2, -0.15) is 0 Å². The van der Waals surface area contributed by atoms with Gasteiger partial charge in [-0.15, -0.1) is 0 Å². The summed E-state index contributed by atoms with van der Waals surface area (Å²) in [5.41, 5.74) is 0. The molecule has 0 aromatic heterocycles. The first kappa shape index (κ1) is 17.2. The molecule has 2 nitrogen and oxygen atoms in total. The number of hydrogen-bond acceptors (Lipinski definition) is 2. The lowest BCUT2D eigenvalue weighted by molar-refractivity contribution is 0.735. The molecule has 0 rings (SSSR count). The maximum absolute atomic E-state index is 5.75. The summed E-state index contributed by atoms with van der Waals surface area (Å²) in [5.74, 6) is 0.654. The number of rotatable bonds is 8. The van der Waals surface area contributed by atoms with Gasteiger partial charge in [0.25, 0.3) is 0 Å². The monoisotopic (exact) mass is 300 g/mol. The molecular weight excluding hydrogens is 274 g/mol. The molecule has 6 heteroatoms. The smallest absolute Gasteiger partial charge is 0.0259 e. The Morgan fingerprint density at radius 3 is 1.56 bits per heavy atom. The maximum Gasteiger partial charge on any atom is 0.0259 e. The molecule has 0 saturated carbocycles. The Morgan fingerprint density at radius 2 is 1.25 bits per heavy atom. The van der Waals surface area contributed by atoms with Gasteiger partial charge in [-0.1, -0.05) is 58.2 Å².